The van der Waals surface area contributed by atoms with E-state index in [2.05, 4.69) is 5.32 Å². The van der Waals surface area contributed by atoms with Crippen LogP contribution in [0.15, 0.2) is 88.4 Å². The van der Waals surface area contributed by atoms with Gasteiger partial charge in [0.1, 0.15) is 17.6 Å². The second-order valence-electron chi connectivity index (χ2n) is 5.80. The van der Waals surface area contributed by atoms with Crippen molar-refractivity contribution in [2.24, 2.45) is 0 Å². The molecule has 1 aromatic heterocycles. The summed E-state index contributed by atoms with van der Waals surface area (Å²) >= 11 is 0. The molecule has 140 valence electrons. The van der Waals surface area contributed by atoms with Crippen LogP contribution in [0, 0.1) is 0 Å². The number of carbonyl (C=O) groups excluding carboxylic acids is 1. The molecule has 6 nitrogen and oxygen atoms in total. The molecule has 2 aromatic carbocycles. The average molecular weight is 385 g/mol. The van der Waals surface area contributed by atoms with E-state index < -0.39 is 21.2 Å². The summed E-state index contributed by atoms with van der Waals surface area (Å²) in [7, 11) is -3.75. The highest BCUT2D eigenvalue weighted by atomic mass is 32.2. The average Bonchev–Trinajstić information content (AvgIpc) is 3.22. The van der Waals surface area contributed by atoms with Gasteiger partial charge in [0.25, 0.3) is 0 Å². The number of alkyl carbamates (subject to hydrolysis) is 1. The first-order valence-corrected chi connectivity index (χ1v) is 9.89. The Morgan fingerprint density at radius 2 is 1.63 bits per heavy atom. The minimum absolute atomic E-state index is 0.101. The highest BCUT2D eigenvalue weighted by molar-refractivity contribution is 7.91. The fourth-order valence-electron chi connectivity index (χ4n) is 2.56. The summed E-state index contributed by atoms with van der Waals surface area (Å²) in [6.45, 7) is -0.0676. The Balaban J connectivity index is 1.69. The molecule has 3 rings (SSSR count). The molecule has 0 radical (unpaired) electrons. The van der Waals surface area contributed by atoms with Crippen molar-refractivity contribution in [3.05, 3.63) is 90.4 Å². The maximum atomic E-state index is 13.0. The second-order valence-corrected chi connectivity index (χ2v) is 7.94. The molecular weight excluding hydrogens is 366 g/mol. The molecule has 0 bridgehead atoms. The number of benzene rings is 2. The standard InChI is InChI=1S/C20H19NO5S/c22-20(26-15-16-8-3-1-4-9-16)21-14-19(18-12-7-13-25-18)27(23,24)17-10-5-2-6-11-17/h1-13,19H,14-15H2,(H,21,22). The van der Waals surface area contributed by atoms with Gasteiger partial charge in [-0.05, 0) is 29.8 Å². The quantitative estimate of drug-likeness (QED) is 0.670. The number of rotatable bonds is 7. The van der Waals surface area contributed by atoms with Crippen LogP contribution in [-0.2, 0) is 21.2 Å². The molecule has 0 saturated carbocycles. The van der Waals surface area contributed by atoms with Gasteiger partial charge in [-0.1, -0.05) is 48.5 Å². The molecule has 3 aromatic rings. The fourth-order valence-corrected chi connectivity index (χ4v) is 4.17. The van der Waals surface area contributed by atoms with Crippen LogP contribution in [-0.4, -0.2) is 21.1 Å². The fraction of sp³-hybridized carbons (Fsp3) is 0.150. The number of carbonyl (C=O) groups is 1. The molecule has 1 amide bonds. The number of nitrogens with one attached hydrogen (secondary N) is 1. The first-order valence-electron chi connectivity index (χ1n) is 8.34. The number of ether oxygens (including phenoxy) is 1. The Kier molecular flexibility index (Phi) is 5.93. The van der Waals surface area contributed by atoms with Crippen LogP contribution in [0.2, 0.25) is 0 Å². The van der Waals surface area contributed by atoms with E-state index in [4.69, 9.17) is 9.15 Å². The summed E-state index contributed by atoms with van der Waals surface area (Å²) < 4.78 is 36.4. The summed E-state index contributed by atoms with van der Waals surface area (Å²) in [6, 6.07) is 20.5. The van der Waals surface area contributed by atoms with E-state index in [-0.39, 0.29) is 23.8 Å². The molecule has 7 heteroatoms. The molecular formula is C20H19NO5S. The van der Waals surface area contributed by atoms with E-state index in [0.717, 1.165) is 5.56 Å². The predicted octanol–water partition coefficient (Wildman–Crippen LogP) is 3.72. The Hall–Kier alpha value is -3.06. The number of furan rings is 1. The van der Waals surface area contributed by atoms with Crippen LogP contribution >= 0.6 is 0 Å². The molecule has 0 spiro atoms. The zero-order valence-corrected chi connectivity index (χ0v) is 15.3. The van der Waals surface area contributed by atoms with Crippen LogP contribution < -0.4 is 5.32 Å². The molecule has 1 unspecified atom stereocenters. The van der Waals surface area contributed by atoms with Crippen LogP contribution in [0.4, 0.5) is 4.79 Å². The van der Waals surface area contributed by atoms with Gasteiger partial charge in [0.15, 0.2) is 9.84 Å². The van der Waals surface area contributed by atoms with Gasteiger partial charge in [-0.15, -0.1) is 0 Å². The van der Waals surface area contributed by atoms with Crippen LogP contribution in [0.25, 0.3) is 0 Å². The van der Waals surface area contributed by atoms with Gasteiger partial charge in [-0.3, -0.25) is 0 Å². The summed E-state index contributed by atoms with van der Waals surface area (Å²) in [5.74, 6) is 0.252. The van der Waals surface area contributed by atoms with E-state index >= 15 is 0 Å². The summed E-state index contributed by atoms with van der Waals surface area (Å²) in [5, 5.41) is 1.46. The maximum absolute atomic E-state index is 13.0. The molecule has 1 N–H and O–H groups in total. The lowest BCUT2D eigenvalue weighted by Gasteiger charge is -2.16. The van der Waals surface area contributed by atoms with Crippen molar-refractivity contribution in [1.29, 1.82) is 0 Å². The van der Waals surface area contributed by atoms with Gasteiger partial charge in [-0.2, -0.15) is 0 Å². The monoisotopic (exact) mass is 385 g/mol. The molecule has 0 aliphatic carbocycles. The third-order valence-corrected chi connectivity index (χ3v) is 6.03. The van der Waals surface area contributed by atoms with Crippen LogP contribution in [0.5, 0.6) is 0 Å². The largest absolute Gasteiger partial charge is 0.468 e. The van der Waals surface area contributed by atoms with Crippen molar-refractivity contribution in [1.82, 2.24) is 5.32 Å². The smallest absolute Gasteiger partial charge is 0.407 e. The van der Waals surface area contributed by atoms with Crippen molar-refractivity contribution >= 4 is 15.9 Å². The first-order chi connectivity index (χ1) is 13.1. The number of hydrogen-bond donors (Lipinski definition) is 1. The van der Waals surface area contributed by atoms with Crippen molar-refractivity contribution in [3.8, 4) is 0 Å². The zero-order valence-electron chi connectivity index (χ0n) is 14.4. The van der Waals surface area contributed by atoms with Crippen molar-refractivity contribution in [2.45, 2.75) is 16.8 Å². The molecule has 1 heterocycles. The maximum Gasteiger partial charge on any atom is 0.407 e. The Morgan fingerprint density at radius 3 is 2.26 bits per heavy atom. The van der Waals surface area contributed by atoms with Crippen molar-refractivity contribution < 1.29 is 22.4 Å². The molecule has 0 saturated heterocycles. The van der Waals surface area contributed by atoms with E-state index in [9.17, 15) is 13.2 Å². The number of sulfone groups is 1. The van der Waals surface area contributed by atoms with E-state index in [1.54, 1.807) is 30.3 Å². The highest BCUT2D eigenvalue weighted by Crippen LogP contribution is 2.28. The van der Waals surface area contributed by atoms with Gasteiger partial charge in [-0.25, -0.2) is 13.2 Å². The van der Waals surface area contributed by atoms with E-state index in [1.165, 1.54) is 18.4 Å². The molecule has 0 aliphatic rings. The van der Waals surface area contributed by atoms with Crippen LogP contribution in [0.1, 0.15) is 16.6 Å². The van der Waals surface area contributed by atoms with Gasteiger partial charge >= 0.3 is 6.09 Å². The predicted molar refractivity (Wildman–Crippen MR) is 99.7 cm³/mol. The van der Waals surface area contributed by atoms with Crippen LogP contribution in [0.3, 0.4) is 0 Å². The minimum Gasteiger partial charge on any atom is -0.468 e. The number of hydrogen-bond acceptors (Lipinski definition) is 5. The zero-order chi connectivity index (χ0) is 19.1. The topological polar surface area (TPSA) is 85.6 Å². The molecule has 0 aliphatic heterocycles. The summed E-state index contributed by atoms with van der Waals surface area (Å²) in [4.78, 5) is 12.2. The van der Waals surface area contributed by atoms with Crippen molar-refractivity contribution in [3.63, 3.8) is 0 Å². The lowest BCUT2D eigenvalue weighted by molar-refractivity contribution is 0.139. The Morgan fingerprint density at radius 1 is 0.963 bits per heavy atom. The number of amides is 1. The van der Waals surface area contributed by atoms with Gasteiger partial charge < -0.3 is 14.5 Å². The van der Waals surface area contributed by atoms with Gasteiger partial charge in [0.2, 0.25) is 0 Å². The SMILES string of the molecule is O=C(NCC(c1ccco1)S(=O)(=O)c1ccccc1)OCc1ccccc1. The Labute approximate surface area is 157 Å². The van der Waals surface area contributed by atoms with E-state index in [1.807, 2.05) is 30.3 Å². The normalized spacial score (nSPS) is 12.3. The summed E-state index contributed by atoms with van der Waals surface area (Å²) in [6.07, 6.45) is 0.704. The highest BCUT2D eigenvalue weighted by Gasteiger charge is 2.31. The minimum atomic E-state index is -3.75. The van der Waals surface area contributed by atoms with Crippen molar-refractivity contribution in [2.75, 3.05) is 6.54 Å². The lowest BCUT2D eigenvalue weighted by atomic mass is 10.2. The van der Waals surface area contributed by atoms with Gasteiger partial charge in [0, 0.05) is 6.54 Å². The van der Waals surface area contributed by atoms with Gasteiger partial charge in [0.05, 0.1) is 11.2 Å². The first kappa shape index (κ1) is 18.7. The third kappa shape index (κ3) is 4.77. The molecule has 0 fully saturated rings. The second kappa shape index (κ2) is 8.55. The molecule has 27 heavy (non-hydrogen) atoms. The Bertz CT molecular complexity index is 954. The lowest BCUT2D eigenvalue weighted by Crippen LogP contribution is -2.32. The summed E-state index contributed by atoms with van der Waals surface area (Å²) in [5.41, 5.74) is 0.840. The molecule has 1 atom stereocenters. The van der Waals surface area contributed by atoms with E-state index in [0.29, 0.717) is 0 Å². The third-order valence-electron chi connectivity index (χ3n) is 3.95.